The van der Waals surface area contributed by atoms with Crippen molar-refractivity contribution in [3.8, 4) is 0 Å². The summed E-state index contributed by atoms with van der Waals surface area (Å²) in [4.78, 5) is 2.42. The molecule has 0 fully saturated rings. The third-order valence-corrected chi connectivity index (χ3v) is 2.22. The highest BCUT2D eigenvalue weighted by atomic mass is 15.1. The van der Waals surface area contributed by atoms with Gasteiger partial charge in [-0.15, -0.1) is 0 Å². The molecule has 76 valence electrons. The second-order valence-corrected chi connectivity index (χ2v) is 3.40. The number of nitrogens with zero attached hydrogens (tertiary/aromatic N) is 1. The van der Waals surface area contributed by atoms with Gasteiger partial charge in [-0.25, -0.2) is 0 Å². The number of hydrogen-bond donors (Lipinski definition) is 0. The fourth-order valence-corrected chi connectivity index (χ4v) is 1.13. The second kappa shape index (κ2) is 9.05. The van der Waals surface area contributed by atoms with Crippen molar-refractivity contribution < 1.29 is 0 Å². The van der Waals surface area contributed by atoms with E-state index in [1.807, 2.05) is 13.8 Å². The minimum Gasteiger partial charge on any atom is -0.301 e. The zero-order valence-electron chi connectivity index (χ0n) is 10.0. The van der Waals surface area contributed by atoms with Crippen LogP contribution in [0.1, 0.15) is 54.4 Å². The summed E-state index contributed by atoms with van der Waals surface area (Å²) >= 11 is 0. The maximum absolute atomic E-state index is 2.42. The zero-order valence-corrected chi connectivity index (χ0v) is 10.0. The quantitative estimate of drug-likeness (QED) is 0.628. The SMILES string of the molecule is CC.CCCC(C)N(C)C(C)C. The lowest BCUT2D eigenvalue weighted by Crippen LogP contribution is -2.34. The Kier molecular flexibility index (Phi) is 10.9. The van der Waals surface area contributed by atoms with E-state index in [9.17, 15) is 0 Å². The Bertz CT molecular complexity index is 79.1. The maximum Gasteiger partial charge on any atom is 0.00664 e. The van der Waals surface area contributed by atoms with Crippen molar-refractivity contribution in [3.63, 3.8) is 0 Å². The molecule has 0 aromatic carbocycles. The first-order valence-electron chi connectivity index (χ1n) is 5.31. The van der Waals surface area contributed by atoms with E-state index in [4.69, 9.17) is 0 Å². The molecule has 0 aliphatic rings. The molecule has 0 rings (SSSR count). The summed E-state index contributed by atoms with van der Waals surface area (Å²) in [5.41, 5.74) is 0. The Morgan fingerprint density at radius 2 is 1.50 bits per heavy atom. The first-order chi connectivity index (χ1) is 5.59. The van der Waals surface area contributed by atoms with Crippen LogP contribution in [0.4, 0.5) is 0 Å². The summed E-state index contributed by atoms with van der Waals surface area (Å²) in [6, 6.07) is 1.42. The predicted molar refractivity (Wildman–Crippen MR) is 58.6 cm³/mol. The molecule has 0 aromatic heterocycles. The van der Waals surface area contributed by atoms with E-state index in [1.165, 1.54) is 12.8 Å². The summed E-state index contributed by atoms with van der Waals surface area (Å²) in [6.07, 6.45) is 2.60. The summed E-state index contributed by atoms with van der Waals surface area (Å²) in [5.74, 6) is 0. The minimum atomic E-state index is 0.682. The lowest BCUT2D eigenvalue weighted by atomic mass is 10.1. The monoisotopic (exact) mass is 173 g/mol. The standard InChI is InChI=1S/C9H21N.C2H6/c1-6-7-9(4)10(5)8(2)3;1-2/h8-9H,6-7H2,1-5H3;1-2H3. The van der Waals surface area contributed by atoms with Crippen molar-refractivity contribution in [1.29, 1.82) is 0 Å². The van der Waals surface area contributed by atoms with Gasteiger partial charge in [0.15, 0.2) is 0 Å². The van der Waals surface area contributed by atoms with Gasteiger partial charge in [0.1, 0.15) is 0 Å². The van der Waals surface area contributed by atoms with Gasteiger partial charge in [-0.05, 0) is 34.2 Å². The Balaban J connectivity index is 0. The highest BCUT2D eigenvalue weighted by molar-refractivity contribution is 4.65. The maximum atomic E-state index is 2.42. The van der Waals surface area contributed by atoms with Gasteiger partial charge in [0, 0.05) is 12.1 Å². The Morgan fingerprint density at radius 1 is 1.08 bits per heavy atom. The van der Waals surface area contributed by atoms with Crippen molar-refractivity contribution in [1.82, 2.24) is 4.90 Å². The first-order valence-corrected chi connectivity index (χ1v) is 5.31. The molecule has 1 heteroatoms. The minimum absolute atomic E-state index is 0.682. The normalized spacial score (nSPS) is 12.8. The first kappa shape index (κ1) is 14.5. The van der Waals surface area contributed by atoms with Crippen molar-refractivity contribution in [2.75, 3.05) is 7.05 Å². The van der Waals surface area contributed by atoms with Crippen LogP contribution in [0.25, 0.3) is 0 Å². The van der Waals surface area contributed by atoms with E-state index in [1.54, 1.807) is 0 Å². The summed E-state index contributed by atoms with van der Waals surface area (Å²) in [5, 5.41) is 0. The smallest absolute Gasteiger partial charge is 0.00664 e. The third-order valence-electron chi connectivity index (χ3n) is 2.22. The van der Waals surface area contributed by atoms with Crippen molar-refractivity contribution >= 4 is 0 Å². The molecular formula is C11H27N. The molecule has 0 heterocycles. The van der Waals surface area contributed by atoms with E-state index in [0.29, 0.717) is 6.04 Å². The molecule has 0 aliphatic carbocycles. The zero-order chi connectivity index (χ0) is 10.1. The molecule has 0 amide bonds. The van der Waals surface area contributed by atoms with Gasteiger partial charge in [-0.1, -0.05) is 27.2 Å². The van der Waals surface area contributed by atoms with Gasteiger partial charge in [-0.2, -0.15) is 0 Å². The molecule has 0 saturated carbocycles. The van der Waals surface area contributed by atoms with Crippen LogP contribution >= 0.6 is 0 Å². The van der Waals surface area contributed by atoms with Crippen molar-refractivity contribution in [2.24, 2.45) is 0 Å². The largest absolute Gasteiger partial charge is 0.301 e. The molecule has 12 heavy (non-hydrogen) atoms. The van der Waals surface area contributed by atoms with Gasteiger partial charge < -0.3 is 4.90 Å². The molecule has 1 atom stereocenters. The van der Waals surface area contributed by atoms with Crippen LogP contribution in [0.15, 0.2) is 0 Å². The van der Waals surface area contributed by atoms with Crippen LogP contribution in [0.2, 0.25) is 0 Å². The molecule has 0 radical (unpaired) electrons. The number of hydrogen-bond acceptors (Lipinski definition) is 1. The van der Waals surface area contributed by atoms with Crippen LogP contribution in [-0.4, -0.2) is 24.0 Å². The van der Waals surface area contributed by atoms with E-state index in [0.717, 1.165) is 6.04 Å². The summed E-state index contributed by atoms with van der Waals surface area (Å²) < 4.78 is 0. The number of rotatable bonds is 4. The molecule has 0 spiro atoms. The van der Waals surface area contributed by atoms with Gasteiger partial charge in [0.2, 0.25) is 0 Å². The van der Waals surface area contributed by atoms with Crippen LogP contribution in [0.3, 0.4) is 0 Å². The topological polar surface area (TPSA) is 3.24 Å². The van der Waals surface area contributed by atoms with Crippen LogP contribution < -0.4 is 0 Å². The average molecular weight is 173 g/mol. The molecule has 0 aromatic rings. The third kappa shape index (κ3) is 6.66. The molecule has 0 N–H and O–H groups in total. The van der Waals surface area contributed by atoms with E-state index in [-0.39, 0.29) is 0 Å². The molecule has 1 unspecified atom stereocenters. The molecule has 1 nitrogen and oxygen atoms in total. The van der Waals surface area contributed by atoms with Crippen molar-refractivity contribution in [3.05, 3.63) is 0 Å². The Morgan fingerprint density at radius 3 is 1.75 bits per heavy atom. The van der Waals surface area contributed by atoms with Crippen LogP contribution in [0, 0.1) is 0 Å². The van der Waals surface area contributed by atoms with Gasteiger partial charge in [0.25, 0.3) is 0 Å². The predicted octanol–water partition coefficient (Wildman–Crippen LogP) is 3.54. The fraction of sp³-hybridized carbons (Fsp3) is 1.00. The lowest BCUT2D eigenvalue weighted by Gasteiger charge is -2.27. The molecule has 0 saturated heterocycles. The second-order valence-electron chi connectivity index (χ2n) is 3.40. The lowest BCUT2D eigenvalue weighted by molar-refractivity contribution is 0.198. The van der Waals surface area contributed by atoms with Crippen molar-refractivity contribution in [2.45, 2.75) is 66.5 Å². The van der Waals surface area contributed by atoms with E-state index < -0.39 is 0 Å². The van der Waals surface area contributed by atoms with Gasteiger partial charge >= 0.3 is 0 Å². The summed E-state index contributed by atoms with van der Waals surface area (Å²) in [7, 11) is 2.20. The van der Waals surface area contributed by atoms with Gasteiger partial charge in [-0.3, -0.25) is 0 Å². The van der Waals surface area contributed by atoms with Gasteiger partial charge in [0.05, 0.1) is 0 Å². The average Bonchev–Trinajstić information content (AvgIpc) is 2.07. The van der Waals surface area contributed by atoms with E-state index >= 15 is 0 Å². The Labute approximate surface area is 79.2 Å². The molecule has 0 bridgehead atoms. The summed E-state index contributed by atoms with van der Waals surface area (Å²) in [6.45, 7) is 13.0. The highest BCUT2D eigenvalue weighted by Crippen LogP contribution is 2.06. The molecule has 0 aliphatic heterocycles. The van der Waals surface area contributed by atoms with E-state index in [2.05, 4.69) is 39.6 Å². The fourth-order valence-electron chi connectivity index (χ4n) is 1.13. The molecular weight excluding hydrogens is 146 g/mol. The van der Waals surface area contributed by atoms with Crippen LogP contribution in [0.5, 0.6) is 0 Å². The Hall–Kier alpha value is -0.0400. The highest BCUT2D eigenvalue weighted by Gasteiger charge is 2.09. The van der Waals surface area contributed by atoms with Crippen LogP contribution in [-0.2, 0) is 0 Å².